The molecule has 0 N–H and O–H groups in total. The van der Waals surface area contributed by atoms with Gasteiger partial charge in [-0.15, -0.1) is 11.3 Å². The Morgan fingerprint density at radius 3 is 2.67 bits per heavy atom. The summed E-state index contributed by atoms with van der Waals surface area (Å²) in [6.45, 7) is 5.43. The second kappa shape index (κ2) is 5.90. The lowest BCUT2D eigenvalue weighted by atomic mass is 10.1. The summed E-state index contributed by atoms with van der Waals surface area (Å²) in [5.74, 6) is 1.78. The van der Waals surface area contributed by atoms with E-state index < -0.39 is 0 Å². The SMILES string of the molecule is CCc1ccc(C(=O)c2ccc3c(c2)OCC(C)CO3)s1. The number of fused-ring (bicyclic) bond motifs is 1. The van der Waals surface area contributed by atoms with Crippen molar-refractivity contribution in [3.05, 3.63) is 45.6 Å². The fraction of sp³-hybridized carbons (Fsp3) is 0.353. The van der Waals surface area contributed by atoms with Crippen molar-refractivity contribution in [2.24, 2.45) is 5.92 Å². The molecule has 0 spiro atoms. The average molecular weight is 302 g/mol. The first-order chi connectivity index (χ1) is 10.2. The van der Waals surface area contributed by atoms with Crippen molar-refractivity contribution in [2.75, 3.05) is 13.2 Å². The molecule has 3 rings (SSSR count). The number of hydrogen-bond acceptors (Lipinski definition) is 4. The van der Waals surface area contributed by atoms with Crippen molar-refractivity contribution in [1.82, 2.24) is 0 Å². The van der Waals surface area contributed by atoms with E-state index in [1.54, 1.807) is 17.4 Å². The molecule has 1 aliphatic heterocycles. The molecule has 21 heavy (non-hydrogen) atoms. The number of carbonyl (C=O) groups excluding carboxylic acids is 1. The summed E-state index contributed by atoms with van der Waals surface area (Å²) in [5, 5.41) is 0. The summed E-state index contributed by atoms with van der Waals surface area (Å²) in [6.07, 6.45) is 0.955. The molecule has 1 aliphatic rings. The topological polar surface area (TPSA) is 35.5 Å². The molecule has 0 saturated heterocycles. The maximum atomic E-state index is 12.5. The van der Waals surface area contributed by atoms with E-state index in [2.05, 4.69) is 13.8 Å². The van der Waals surface area contributed by atoms with Gasteiger partial charge in [-0.3, -0.25) is 4.79 Å². The number of carbonyl (C=O) groups is 1. The van der Waals surface area contributed by atoms with E-state index in [0.29, 0.717) is 30.4 Å². The highest BCUT2D eigenvalue weighted by molar-refractivity contribution is 7.14. The van der Waals surface area contributed by atoms with Crippen LogP contribution >= 0.6 is 11.3 Å². The second-order valence-corrected chi connectivity index (χ2v) is 6.51. The van der Waals surface area contributed by atoms with Gasteiger partial charge >= 0.3 is 0 Å². The van der Waals surface area contributed by atoms with Gasteiger partial charge in [0.2, 0.25) is 5.78 Å². The van der Waals surface area contributed by atoms with Gasteiger partial charge in [0.1, 0.15) is 0 Å². The van der Waals surface area contributed by atoms with Crippen LogP contribution < -0.4 is 9.47 Å². The summed E-state index contributed by atoms with van der Waals surface area (Å²) < 4.78 is 11.4. The molecule has 2 aromatic rings. The molecule has 110 valence electrons. The van der Waals surface area contributed by atoms with E-state index in [4.69, 9.17) is 9.47 Å². The van der Waals surface area contributed by atoms with Gasteiger partial charge in [-0.1, -0.05) is 13.8 Å². The molecule has 3 nitrogen and oxygen atoms in total. The van der Waals surface area contributed by atoms with Crippen LogP contribution in [-0.4, -0.2) is 19.0 Å². The molecule has 4 heteroatoms. The third-order valence-corrected chi connectivity index (χ3v) is 4.71. The third-order valence-electron chi connectivity index (χ3n) is 3.49. The largest absolute Gasteiger partial charge is 0.489 e. The van der Waals surface area contributed by atoms with Crippen LogP contribution in [0.3, 0.4) is 0 Å². The monoisotopic (exact) mass is 302 g/mol. The molecule has 0 fully saturated rings. The molecular formula is C17H18O3S. The Bertz CT molecular complexity index is 660. The summed E-state index contributed by atoms with van der Waals surface area (Å²) >= 11 is 1.56. The summed E-state index contributed by atoms with van der Waals surface area (Å²) in [7, 11) is 0. The smallest absolute Gasteiger partial charge is 0.203 e. The van der Waals surface area contributed by atoms with Crippen molar-refractivity contribution in [2.45, 2.75) is 20.3 Å². The quantitative estimate of drug-likeness (QED) is 0.805. The molecule has 1 unspecified atom stereocenters. The molecule has 0 aliphatic carbocycles. The lowest BCUT2D eigenvalue weighted by Gasteiger charge is -2.08. The lowest BCUT2D eigenvalue weighted by molar-refractivity contribution is 0.104. The molecule has 1 aromatic heterocycles. The maximum absolute atomic E-state index is 12.5. The van der Waals surface area contributed by atoms with E-state index in [1.807, 2.05) is 24.3 Å². The number of aryl methyl sites for hydroxylation is 1. The average Bonchev–Trinajstić information content (AvgIpc) is 2.91. The Morgan fingerprint density at radius 2 is 1.95 bits per heavy atom. The Morgan fingerprint density at radius 1 is 1.19 bits per heavy atom. The summed E-state index contributed by atoms with van der Waals surface area (Å²) in [4.78, 5) is 14.5. The van der Waals surface area contributed by atoms with Crippen LogP contribution in [0.4, 0.5) is 0 Å². The Labute approximate surface area is 128 Å². The van der Waals surface area contributed by atoms with Gasteiger partial charge in [0, 0.05) is 16.4 Å². The Balaban J connectivity index is 1.88. The number of ketones is 1. The highest BCUT2D eigenvalue weighted by Gasteiger charge is 2.18. The summed E-state index contributed by atoms with van der Waals surface area (Å²) in [6, 6.07) is 9.35. The zero-order valence-electron chi connectivity index (χ0n) is 12.2. The fourth-order valence-corrected chi connectivity index (χ4v) is 3.14. The number of ether oxygens (including phenoxy) is 2. The van der Waals surface area contributed by atoms with Gasteiger partial charge in [-0.25, -0.2) is 0 Å². The molecule has 0 bridgehead atoms. The molecule has 1 aromatic carbocycles. The van der Waals surface area contributed by atoms with Crippen molar-refractivity contribution >= 4 is 17.1 Å². The van der Waals surface area contributed by atoms with Crippen molar-refractivity contribution < 1.29 is 14.3 Å². The van der Waals surface area contributed by atoms with Gasteiger partial charge in [0.15, 0.2) is 11.5 Å². The zero-order valence-corrected chi connectivity index (χ0v) is 13.0. The van der Waals surface area contributed by atoms with Crippen LogP contribution in [0, 0.1) is 5.92 Å². The molecule has 2 heterocycles. The van der Waals surface area contributed by atoms with Crippen molar-refractivity contribution in [3.63, 3.8) is 0 Å². The zero-order chi connectivity index (χ0) is 14.8. The van der Waals surface area contributed by atoms with Crippen LogP contribution in [0.2, 0.25) is 0 Å². The number of rotatable bonds is 3. The highest BCUT2D eigenvalue weighted by atomic mass is 32.1. The minimum Gasteiger partial charge on any atom is -0.489 e. The first-order valence-electron chi connectivity index (χ1n) is 7.20. The van der Waals surface area contributed by atoms with Crippen LogP contribution in [0.15, 0.2) is 30.3 Å². The van der Waals surface area contributed by atoms with Crippen molar-refractivity contribution in [3.8, 4) is 11.5 Å². The summed E-state index contributed by atoms with van der Waals surface area (Å²) in [5.41, 5.74) is 0.649. The van der Waals surface area contributed by atoms with Gasteiger partial charge in [0.25, 0.3) is 0 Å². The first-order valence-corrected chi connectivity index (χ1v) is 8.02. The third kappa shape index (κ3) is 2.95. The number of thiophene rings is 1. The molecule has 1 atom stereocenters. The van der Waals surface area contributed by atoms with Gasteiger partial charge in [-0.05, 0) is 36.8 Å². The fourth-order valence-electron chi connectivity index (χ4n) is 2.23. The van der Waals surface area contributed by atoms with Gasteiger partial charge < -0.3 is 9.47 Å². The van der Waals surface area contributed by atoms with Gasteiger partial charge in [0.05, 0.1) is 18.1 Å². The minimum atomic E-state index is 0.0448. The van der Waals surface area contributed by atoms with Crippen LogP contribution in [0.25, 0.3) is 0 Å². The minimum absolute atomic E-state index is 0.0448. The highest BCUT2D eigenvalue weighted by Crippen LogP contribution is 2.32. The van der Waals surface area contributed by atoms with Crippen LogP contribution in [-0.2, 0) is 6.42 Å². The first kappa shape index (κ1) is 14.1. The maximum Gasteiger partial charge on any atom is 0.203 e. The molecule has 0 radical (unpaired) electrons. The predicted octanol–water partition coefficient (Wildman–Crippen LogP) is 3.95. The molecular weight excluding hydrogens is 284 g/mol. The van der Waals surface area contributed by atoms with Crippen LogP contribution in [0.1, 0.15) is 34.0 Å². The van der Waals surface area contributed by atoms with E-state index in [-0.39, 0.29) is 5.78 Å². The van der Waals surface area contributed by atoms with E-state index >= 15 is 0 Å². The standard InChI is InChI=1S/C17H18O3S/c1-3-13-5-7-16(21-13)17(18)12-4-6-14-15(8-12)20-10-11(2)9-19-14/h4-8,11H,3,9-10H2,1-2H3. The Kier molecular flexibility index (Phi) is 3.97. The molecule has 0 amide bonds. The number of hydrogen-bond donors (Lipinski definition) is 0. The lowest BCUT2D eigenvalue weighted by Crippen LogP contribution is -2.12. The van der Waals surface area contributed by atoms with Crippen LogP contribution in [0.5, 0.6) is 11.5 Å². The van der Waals surface area contributed by atoms with Gasteiger partial charge in [-0.2, -0.15) is 0 Å². The second-order valence-electron chi connectivity index (χ2n) is 5.34. The molecule has 0 saturated carbocycles. The number of benzene rings is 1. The normalized spacial score (nSPS) is 17.3. The predicted molar refractivity (Wildman–Crippen MR) is 83.7 cm³/mol. The van der Waals surface area contributed by atoms with E-state index in [9.17, 15) is 4.79 Å². The van der Waals surface area contributed by atoms with E-state index in [0.717, 1.165) is 17.0 Å². The van der Waals surface area contributed by atoms with E-state index in [1.165, 1.54) is 4.88 Å². The Hall–Kier alpha value is -1.81. The van der Waals surface area contributed by atoms with Crippen molar-refractivity contribution in [1.29, 1.82) is 0 Å².